The van der Waals surface area contributed by atoms with E-state index in [1.54, 1.807) is 24.3 Å². The summed E-state index contributed by atoms with van der Waals surface area (Å²) < 4.78 is 47.0. The summed E-state index contributed by atoms with van der Waals surface area (Å²) in [5, 5.41) is 7.20. The second-order valence-electron chi connectivity index (χ2n) is 9.45. The first-order valence-electron chi connectivity index (χ1n) is 13.2. The Balaban J connectivity index is 1.92. The van der Waals surface area contributed by atoms with E-state index in [-0.39, 0.29) is 36.3 Å². The molecule has 11 nitrogen and oxygen atoms in total. The smallest absolute Gasteiger partial charge is 0.249 e. The molecule has 1 atom stereocenters. The first-order valence-corrected chi connectivity index (χ1v) is 13.2. The van der Waals surface area contributed by atoms with Crippen LogP contribution in [0.4, 0.5) is 30.2 Å². The van der Waals surface area contributed by atoms with Crippen LogP contribution in [0.1, 0.15) is 5.56 Å². The van der Waals surface area contributed by atoms with Gasteiger partial charge in [0.15, 0.2) is 0 Å². The van der Waals surface area contributed by atoms with Crippen molar-refractivity contribution in [2.24, 2.45) is 0 Å². The summed E-state index contributed by atoms with van der Waals surface area (Å²) in [4.78, 5) is 63.8. The minimum absolute atomic E-state index is 0.0573. The fourth-order valence-corrected chi connectivity index (χ4v) is 4.32. The molecular weight excluding hydrogens is 583 g/mol. The van der Waals surface area contributed by atoms with E-state index in [1.165, 1.54) is 30.0 Å². The molecule has 0 aliphatic rings. The molecular formula is C30H30F3N5O6. The molecule has 3 aromatic rings. The van der Waals surface area contributed by atoms with Gasteiger partial charge in [0.2, 0.25) is 24.1 Å². The van der Waals surface area contributed by atoms with Crippen LogP contribution in [0.2, 0.25) is 0 Å². The summed E-state index contributed by atoms with van der Waals surface area (Å²) >= 11 is 0. The topological polar surface area (TPSA) is 137 Å². The maximum atomic E-state index is 14.0. The number of likely N-dealkylation sites (N-methyl/N-ethyl adjacent to an activating group) is 1. The Bertz CT molecular complexity index is 1480. The molecule has 0 aliphatic carbocycles. The first kappa shape index (κ1) is 33.1. The van der Waals surface area contributed by atoms with Crippen molar-refractivity contribution in [2.45, 2.75) is 12.5 Å². The van der Waals surface area contributed by atoms with Crippen molar-refractivity contribution in [2.75, 3.05) is 48.9 Å². The third kappa shape index (κ3) is 9.31. The average molecular weight is 614 g/mol. The molecule has 44 heavy (non-hydrogen) atoms. The van der Waals surface area contributed by atoms with Gasteiger partial charge in [0, 0.05) is 25.2 Å². The number of rotatable bonds is 15. The van der Waals surface area contributed by atoms with Gasteiger partial charge in [0.25, 0.3) is 0 Å². The second-order valence-corrected chi connectivity index (χ2v) is 9.45. The number of nitrogens with zero attached hydrogens (tertiary/aromatic N) is 2. The standard InChI is InChI=1S/C30H30F3N5O6/c1-37(23-4-6-24(44-2)7-5-23)30(43)26(13-19-11-21(32)14-22(33)12-19)36-29(42)17-38(16-28(41)34-9-10-39)27-8-3-20(31)15-25(27)35-18-40/h3-8,10-12,14-15,18,26H,9,13,16-17H2,1-2H3,(H,34,41)(H,35,40)(H,36,42). The van der Waals surface area contributed by atoms with Crippen molar-refractivity contribution in [1.82, 2.24) is 10.6 Å². The van der Waals surface area contributed by atoms with Crippen LogP contribution in [-0.4, -0.2) is 70.3 Å². The molecule has 0 aromatic heterocycles. The lowest BCUT2D eigenvalue weighted by molar-refractivity contribution is -0.126. The van der Waals surface area contributed by atoms with Gasteiger partial charge in [0.1, 0.15) is 35.5 Å². The molecule has 0 fully saturated rings. The third-order valence-corrected chi connectivity index (χ3v) is 6.35. The molecule has 0 saturated heterocycles. The molecule has 3 rings (SSSR count). The lowest BCUT2D eigenvalue weighted by atomic mass is 10.0. The Labute approximate surface area is 251 Å². The molecule has 3 N–H and O–H groups in total. The quantitative estimate of drug-likeness (QED) is 0.224. The second kappa shape index (κ2) is 15.7. The van der Waals surface area contributed by atoms with E-state index in [4.69, 9.17) is 4.74 Å². The highest BCUT2D eigenvalue weighted by Gasteiger charge is 2.27. The zero-order valence-corrected chi connectivity index (χ0v) is 23.8. The highest BCUT2D eigenvalue weighted by Crippen LogP contribution is 2.27. The lowest BCUT2D eigenvalue weighted by Gasteiger charge is -2.28. The Morgan fingerprint density at radius 2 is 1.55 bits per heavy atom. The predicted molar refractivity (Wildman–Crippen MR) is 156 cm³/mol. The number of halogens is 3. The number of anilines is 3. The summed E-state index contributed by atoms with van der Waals surface area (Å²) in [7, 11) is 2.93. The monoisotopic (exact) mass is 613 g/mol. The van der Waals surface area contributed by atoms with E-state index < -0.39 is 54.3 Å². The number of carbonyl (C=O) groups is 5. The molecule has 0 saturated carbocycles. The van der Waals surface area contributed by atoms with Crippen LogP contribution in [0, 0.1) is 17.5 Å². The van der Waals surface area contributed by atoms with Gasteiger partial charge in [-0.05, 0) is 60.2 Å². The van der Waals surface area contributed by atoms with Crippen LogP contribution >= 0.6 is 0 Å². The van der Waals surface area contributed by atoms with E-state index in [0.717, 1.165) is 24.3 Å². The molecule has 0 heterocycles. The van der Waals surface area contributed by atoms with Crippen molar-refractivity contribution < 1.29 is 41.9 Å². The van der Waals surface area contributed by atoms with Crippen LogP contribution in [-0.2, 0) is 30.4 Å². The number of ether oxygens (including phenoxy) is 1. The highest BCUT2D eigenvalue weighted by molar-refractivity contribution is 6.00. The summed E-state index contributed by atoms with van der Waals surface area (Å²) in [6.45, 7) is -1.39. The zero-order valence-electron chi connectivity index (χ0n) is 23.8. The summed E-state index contributed by atoms with van der Waals surface area (Å²) in [5.41, 5.74) is 0.550. The van der Waals surface area contributed by atoms with E-state index in [0.29, 0.717) is 23.8 Å². The van der Waals surface area contributed by atoms with Crippen molar-refractivity contribution in [1.29, 1.82) is 0 Å². The summed E-state index contributed by atoms with van der Waals surface area (Å²) in [6, 6.07) is 11.1. The van der Waals surface area contributed by atoms with E-state index in [9.17, 15) is 37.1 Å². The minimum Gasteiger partial charge on any atom is -0.497 e. The van der Waals surface area contributed by atoms with Crippen molar-refractivity contribution >= 4 is 47.5 Å². The molecule has 232 valence electrons. The SMILES string of the molecule is COc1ccc(N(C)C(=O)C(Cc2cc(F)cc(F)c2)NC(=O)CN(CC(=O)NCC=O)c2ccc(F)cc2NC=O)cc1. The number of hydrogen-bond acceptors (Lipinski definition) is 7. The number of hydrogen-bond donors (Lipinski definition) is 3. The molecule has 0 aliphatic heterocycles. The van der Waals surface area contributed by atoms with Gasteiger partial charge in [-0.3, -0.25) is 19.2 Å². The molecule has 1 unspecified atom stereocenters. The summed E-state index contributed by atoms with van der Waals surface area (Å²) in [5.74, 6) is -4.02. The fraction of sp³-hybridized carbons (Fsp3) is 0.233. The largest absolute Gasteiger partial charge is 0.497 e. The molecule has 4 amide bonds. The van der Waals surface area contributed by atoms with Gasteiger partial charge in [0.05, 0.1) is 38.1 Å². The molecule has 14 heteroatoms. The van der Waals surface area contributed by atoms with Gasteiger partial charge in [-0.2, -0.15) is 0 Å². The molecule has 0 radical (unpaired) electrons. The van der Waals surface area contributed by atoms with E-state index >= 15 is 0 Å². The predicted octanol–water partition coefficient (Wildman–Crippen LogP) is 2.19. The number of carbonyl (C=O) groups excluding carboxylic acids is 5. The molecule has 0 bridgehead atoms. The molecule has 3 aromatic carbocycles. The highest BCUT2D eigenvalue weighted by atomic mass is 19.1. The van der Waals surface area contributed by atoms with Crippen LogP contribution in [0.5, 0.6) is 5.75 Å². The summed E-state index contributed by atoms with van der Waals surface area (Å²) in [6.07, 6.45) is 0.440. The number of methoxy groups -OCH3 is 1. The maximum Gasteiger partial charge on any atom is 0.249 e. The van der Waals surface area contributed by atoms with Gasteiger partial charge < -0.3 is 35.3 Å². The fourth-order valence-electron chi connectivity index (χ4n) is 4.32. The lowest BCUT2D eigenvalue weighted by Crippen LogP contribution is -2.52. The number of nitrogens with one attached hydrogen (secondary N) is 3. The minimum atomic E-state index is -1.33. The van der Waals surface area contributed by atoms with Crippen LogP contribution in [0.3, 0.4) is 0 Å². The Morgan fingerprint density at radius 1 is 0.886 bits per heavy atom. The number of aldehydes is 1. The zero-order chi connectivity index (χ0) is 32.2. The van der Waals surface area contributed by atoms with Crippen molar-refractivity contribution in [3.63, 3.8) is 0 Å². The number of amides is 4. The Kier molecular flexibility index (Phi) is 11.8. The van der Waals surface area contributed by atoms with Crippen molar-refractivity contribution in [3.8, 4) is 5.75 Å². The van der Waals surface area contributed by atoms with Crippen LogP contribution in [0.15, 0.2) is 60.7 Å². The Hall–Kier alpha value is -5.40. The number of benzene rings is 3. The first-order chi connectivity index (χ1) is 21.0. The van der Waals surface area contributed by atoms with E-state index in [1.807, 2.05) is 0 Å². The van der Waals surface area contributed by atoms with Crippen LogP contribution in [0.25, 0.3) is 0 Å². The van der Waals surface area contributed by atoms with Gasteiger partial charge in [-0.15, -0.1) is 0 Å². The molecule has 0 spiro atoms. The Morgan fingerprint density at radius 3 is 2.16 bits per heavy atom. The normalized spacial score (nSPS) is 11.1. The van der Waals surface area contributed by atoms with E-state index in [2.05, 4.69) is 16.0 Å². The van der Waals surface area contributed by atoms with Gasteiger partial charge in [-0.1, -0.05) is 0 Å². The maximum absolute atomic E-state index is 14.0. The third-order valence-electron chi connectivity index (χ3n) is 6.35. The van der Waals surface area contributed by atoms with Crippen molar-refractivity contribution in [3.05, 3.63) is 83.7 Å². The average Bonchev–Trinajstić information content (AvgIpc) is 2.98. The van der Waals surface area contributed by atoms with Gasteiger partial charge >= 0.3 is 0 Å². The van der Waals surface area contributed by atoms with Gasteiger partial charge in [-0.25, -0.2) is 13.2 Å². The van der Waals surface area contributed by atoms with Crippen LogP contribution < -0.4 is 30.5 Å².